The molecule has 2 aliphatic heterocycles. The van der Waals surface area contributed by atoms with E-state index < -0.39 is 0 Å². The van der Waals surface area contributed by atoms with Gasteiger partial charge in [0, 0.05) is 24.1 Å². The van der Waals surface area contributed by atoms with Gasteiger partial charge in [0.15, 0.2) is 0 Å². The molecule has 0 aromatic heterocycles. The summed E-state index contributed by atoms with van der Waals surface area (Å²) < 4.78 is 0. The summed E-state index contributed by atoms with van der Waals surface area (Å²) in [4.78, 5) is 2.30. The Balaban J connectivity index is 2.15. The minimum atomic E-state index is 0.673. The Labute approximate surface area is 70.9 Å². The molecule has 0 bridgehead atoms. The van der Waals surface area contributed by atoms with Crippen LogP contribution in [0.4, 0.5) is 0 Å². The van der Waals surface area contributed by atoms with Crippen LogP contribution in [0, 0.1) is 11.3 Å². The molecule has 3 heteroatoms. The molecule has 0 radical (unpaired) electrons. The molecule has 2 aliphatic rings. The van der Waals surface area contributed by atoms with E-state index in [0.717, 1.165) is 25.0 Å². The zero-order valence-corrected chi connectivity index (χ0v) is 7.10. The van der Waals surface area contributed by atoms with Gasteiger partial charge in [-0.15, -0.1) is 11.8 Å². The van der Waals surface area contributed by atoms with Crippen molar-refractivity contribution >= 4 is 11.8 Å². The van der Waals surface area contributed by atoms with Crippen LogP contribution in [-0.2, 0) is 0 Å². The SMILES string of the molecule is N#CC1=CN2CCSC2CC1. The molecule has 1 fully saturated rings. The van der Waals surface area contributed by atoms with Gasteiger partial charge in [0.25, 0.3) is 0 Å². The lowest BCUT2D eigenvalue weighted by molar-refractivity contribution is 0.360. The maximum absolute atomic E-state index is 8.66. The Morgan fingerprint density at radius 1 is 1.73 bits per heavy atom. The van der Waals surface area contributed by atoms with Crippen LogP contribution >= 0.6 is 11.8 Å². The summed E-state index contributed by atoms with van der Waals surface area (Å²) in [7, 11) is 0. The van der Waals surface area contributed by atoms with Crippen molar-refractivity contribution in [1.29, 1.82) is 5.26 Å². The zero-order valence-electron chi connectivity index (χ0n) is 6.29. The Hall–Kier alpha value is -0.620. The lowest BCUT2D eigenvalue weighted by Gasteiger charge is -2.26. The molecule has 0 aromatic carbocycles. The van der Waals surface area contributed by atoms with Gasteiger partial charge in [-0.25, -0.2) is 0 Å². The second-order valence-corrected chi connectivity index (χ2v) is 4.15. The average molecular weight is 166 g/mol. The summed E-state index contributed by atoms with van der Waals surface area (Å²) in [5, 5.41) is 9.33. The maximum atomic E-state index is 8.66. The van der Waals surface area contributed by atoms with E-state index in [1.165, 1.54) is 5.75 Å². The van der Waals surface area contributed by atoms with Gasteiger partial charge in [-0.1, -0.05) is 0 Å². The monoisotopic (exact) mass is 166 g/mol. The third kappa shape index (κ3) is 1.23. The van der Waals surface area contributed by atoms with Crippen molar-refractivity contribution in [1.82, 2.24) is 4.90 Å². The van der Waals surface area contributed by atoms with Crippen LogP contribution in [0.1, 0.15) is 12.8 Å². The van der Waals surface area contributed by atoms with E-state index in [0.29, 0.717) is 5.37 Å². The third-order valence-electron chi connectivity index (χ3n) is 2.16. The lowest BCUT2D eigenvalue weighted by atomic mass is 10.1. The summed E-state index contributed by atoms with van der Waals surface area (Å²) in [5.41, 5.74) is 0.948. The summed E-state index contributed by atoms with van der Waals surface area (Å²) in [5.74, 6) is 1.22. The normalized spacial score (nSPS) is 29.2. The Bertz CT molecular complexity index is 229. The number of fused-ring (bicyclic) bond motifs is 1. The fourth-order valence-corrected chi connectivity index (χ4v) is 2.79. The van der Waals surface area contributed by atoms with Gasteiger partial charge < -0.3 is 4.90 Å². The standard InChI is InChI=1S/C8H10N2S/c9-5-7-1-2-8-10(6-7)3-4-11-8/h6,8H,1-4H2. The number of hydrogen-bond donors (Lipinski definition) is 0. The highest BCUT2D eigenvalue weighted by Gasteiger charge is 2.26. The Morgan fingerprint density at radius 3 is 3.45 bits per heavy atom. The average Bonchev–Trinajstić information content (AvgIpc) is 2.50. The van der Waals surface area contributed by atoms with Gasteiger partial charge in [0.2, 0.25) is 0 Å². The van der Waals surface area contributed by atoms with Crippen LogP contribution in [0.15, 0.2) is 11.8 Å². The molecular formula is C8H10N2S. The van der Waals surface area contributed by atoms with E-state index in [4.69, 9.17) is 5.26 Å². The van der Waals surface area contributed by atoms with Crippen molar-refractivity contribution in [2.75, 3.05) is 12.3 Å². The third-order valence-corrected chi connectivity index (χ3v) is 3.47. The zero-order chi connectivity index (χ0) is 7.68. The molecule has 1 unspecified atom stereocenters. The summed E-state index contributed by atoms with van der Waals surface area (Å²) in [6.45, 7) is 1.13. The summed E-state index contributed by atoms with van der Waals surface area (Å²) in [6, 6.07) is 2.23. The van der Waals surface area contributed by atoms with E-state index in [1.807, 2.05) is 18.0 Å². The van der Waals surface area contributed by atoms with E-state index in [2.05, 4.69) is 11.0 Å². The first-order chi connectivity index (χ1) is 5.40. The van der Waals surface area contributed by atoms with Gasteiger partial charge >= 0.3 is 0 Å². The fourth-order valence-electron chi connectivity index (χ4n) is 1.56. The van der Waals surface area contributed by atoms with Crippen LogP contribution in [0.25, 0.3) is 0 Å². The molecule has 2 nitrogen and oxygen atoms in total. The first-order valence-electron chi connectivity index (χ1n) is 3.88. The topological polar surface area (TPSA) is 27.0 Å². The van der Waals surface area contributed by atoms with Crippen LogP contribution in [0.3, 0.4) is 0 Å². The molecule has 0 spiro atoms. The van der Waals surface area contributed by atoms with Crippen LogP contribution < -0.4 is 0 Å². The van der Waals surface area contributed by atoms with Crippen molar-refractivity contribution in [2.45, 2.75) is 18.2 Å². The predicted octanol–water partition coefficient (Wildman–Crippen LogP) is 1.56. The van der Waals surface area contributed by atoms with Crippen molar-refractivity contribution in [3.05, 3.63) is 11.8 Å². The fraction of sp³-hybridized carbons (Fsp3) is 0.625. The van der Waals surface area contributed by atoms with Crippen molar-refractivity contribution in [3.63, 3.8) is 0 Å². The first kappa shape index (κ1) is 7.05. The maximum Gasteiger partial charge on any atom is 0.0962 e. The van der Waals surface area contributed by atoms with Crippen molar-refractivity contribution in [3.8, 4) is 6.07 Å². The second kappa shape index (κ2) is 2.78. The molecule has 0 aromatic rings. The number of nitriles is 1. The first-order valence-corrected chi connectivity index (χ1v) is 4.93. The molecule has 11 heavy (non-hydrogen) atoms. The van der Waals surface area contributed by atoms with Gasteiger partial charge in [-0.3, -0.25) is 0 Å². The van der Waals surface area contributed by atoms with E-state index >= 15 is 0 Å². The van der Waals surface area contributed by atoms with E-state index in [9.17, 15) is 0 Å². The molecule has 0 amide bonds. The highest BCUT2D eigenvalue weighted by Crippen LogP contribution is 2.32. The number of allylic oxidation sites excluding steroid dienone is 1. The minimum Gasteiger partial charge on any atom is -0.364 e. The molecule has 1 saturated heterocycles. The highest BCUT2D eigenvalue weighted by molar-refractivity contribution is 8.00. The van der Waals surface area contributed by atoms with Gasteiger partial charge in [-0.2, -0.15) is 5.26 Å². The molecular weight excluding hydrogens is 156 g/mol. The van der Waals surface area contributed by atoms with Gasteiger partial charge in [0.05, 0.1) is 11.4 Å². The molecule has 2 rings (SSSR count). The molecule has 0 saturated carbocycles. The van der Waals surface area contributed by atoms with Crippen molar-refractivity contribution < 1.29 is 0 Å². The van der Waals surface area contributed by atoms with Crippen LogP contribution in [0.2, 0.25) is 0 Å². The van der Waals surface area contributed by atoms with Crippen LogP contribution in [-0.4, -0.2) is 22.6 Å². The quantitative estimate of drug-likeness (QED) is 0.546. The number of nitrogens with zero attached hydrogens (tertiary/aromatic N) is 2. The summed E-state index contributed by atoms with van der Waals surface area (Å²) >= 11 is 2.01. The second-order valence-electron chi connectivity index (χ2n) is 2.87. The predicted molar refractivity (Wildman–Crippen MR) is 45.9 cm³/mol. The largest absolute Gasteiger partial charge is 0.364 e. The Morgan fingerprint density at radius 2 is 2.64 bits per heavy atom. The van der Waals surface area contributed by atoms with E-state index in [-0.39, 0.29) is 0 Å². The Kier molecular flexibility index (Phi) is 1.79. The summed E-state index contributed by atoms with van der Waals surface area (Å²) in [6.07, 6.45) is 4.17. The van der Waals surface area contributed by atoms with Gasteiger partial charge in [-0.05, 0) is 12.8 Å². The molecule has 0 N–H and O–H groups in total. The van der Waals surface area contributed by atoms with E-state index in [1.54, 1.807) is 0 Å². The molecule has 1 atom stereocenters. The number of rotatable bonds is 0. The molecule has 0 aliphatic carbocycles. The van der Waals surface area contributed by atoms with Crippen molar-refractivity contribution in [2.24, 2.45) is 0 Å². The number of thioether (sulfide) groups is 1. The van der Waals surface area contributed by atoms with Gasteiger partial charge in [0.1, 0.15) is 0 Å². The molecule has 2 heterocycles. The smallest absolute Gasteiger partial charge is 0.0962 e. The number of hydrogen-bond acceptors (Lipinski definition) is 3. The molecule has 58 valence electrons. The minimum absolute atomic E-state index is 0.673. The highest BCUT2D eigenvalue weighted by atomic mass is 32.2. The van der Waals surface area contributed by atoms with Crippen LogP contribution in [0.5, 0.6) is 0 Å². The lowest BCUT2D eigenvalue weighted by Crippen LogP contribution is -2.26.